The average molecular weight is 234 g/mol. The van der Waals surface area contributed by atoms with Gasteiger partial charge < -0.3 is 14.8 Å². The van der Waals surface area contributed by atoms with Crippen LogP contribution in [-0.2, 0) is 9.47 Å². The van der Waals surface area contributed by atoms with Crippen LogP contribution in [0.4, 0.5) is 5.69 Å². The minimum absolute atomic E-state index is 0.0134. The van der Waals surface area contributed by atoms with Gasteiger partial charge in [-0.2, -0.15) is 0 Å². The number of hydrogen-bond acceptors (Lipinski definition) is 3. The molecule has 1 aliphatic rings. The van der Waals surface area contributed by atoms with E-state index in [1.165, 1.54) is 0 Å². The van der Waals surface area contributed by atoms with Gasteiger partial charge >= 0.3 is 0 Å². The molecule has 17 heavy (non-hydrogen) atoms. The summed E-state index contributed by atoms with van der Waals surface area (Å²) in [7, 11) is 1.92. The maximum absolute atomic E-state index is 5.98. The summed E-state index contributed by atoms with van der Waals surface area (Å²) < 4.78 is 11.8. The monoisotopic (exact) mass is 234 g/mol. The molecule has 1 radical (unpaired) electrons. The summed E-state index contributed by atoms with van der Waals surface area (Å²) in [5.74, 6) is -0.534. The van der Waals surface area contributed by atoms with Crippen LogP contribution < -0.4 is 5.32 Å². The van der Waals surface area contributed by atoms with Crippen LogP contribution in [0.25, 0.3) is 0 Å². The second kappa shape index (κ2) is 4.67. The van der Waals surface area contributed by atoms with E-state index in [9.17, 15) is 0 Å². The summed E-state index contributed by atoms with van der Waals surface area (Å²) in [5.41, 5.74) is 2.21. The minimum Gasteiger partial charge on any atom is -0.388 e. The van der Waals surface area contributed by atoms with Crippen molar-refractivity contribution in [2.24, 2.45) is 0 Å². The summed E-state index contributed by atoms with van der Waals surface area (Å²) >= 11 is 0. The molecule has 1 fully saturated rings. The Kier molecular flexibility index (Phi) is 3.40. The molecular weight excluding hydrogens is 214 g/mol. The zero-order chi connectivity index (χ0) is 12.5. The number of benzene rings is 1. The number of ether oxygens (including phenoxy) is 2. The van der Waals surface area contributed by atoms with Gasteiger partial charge in [0, 0.05) is 18.3 Å². The van der Waals surface area contributed by atoms with Gasteiger partial charge in [-0.25, -0.2) is 0 Å². The normalized spacial score (nSPS) is 27.1. The van der Waals surface area contributed by atoms with Crippen molar-refractivity contribution in [3.8, 4) is 0 Å². The van der Waals surface area contributed by atoms with E-state index < -0.39 is 5.79 Å². The van der Waals surface area contributed by atoms with Gasteiger partial charge in [-0.1, -0.05) is 25.1 Å². The fourth-order valence-electron chi connectivity index (χ4n) is 2.28. The molecule has 3 heteroatoms. The molecule has 0 bridgehead atoms. The lowest BCUT2D eigenvalue weighted by Crippen LogP contribution is -2.21. The number of rotatable bonds is 3. The Morgan fingerprint density at radius 2 is 2.00 bits per heavy atom. The molecule has 0 aromatic heterocycles. The van der Waals surface area contributed by atoms with Crippen molar-refractivity contribution in [1.82, 2.24) is 0 Å². The lowest BCUT2D eigenvalue weighted by molar-refractivity contribution is -0.146. The third-order valence-electron chi connectivity index (χ3n) is 3.00. The largest absolute Gasteiger partial charge is 0.388 e. The third-order valence-corrected chi connectivity index (χ3v) is 3.00. The van der Waals surface area contributed by atoms with Crippen molar-refractivity contribution >= 4 is 5.69 Å². The molecule has 3 nitrogen and oxygen atoms in total. The van der Waals surface area contributed by atoms with Crippen LogP contribution in [0, 0.1) is 6.92 Å². The van der Waals surface area contributed by atoms with E-state index in [2.05, 4.69) is 18.3 Å². The van der Waals surface area contributed by atoms with Gasteiger partial charge in [0.25, 0.3) is 0 Å². The Morgan fingerprint density at radius 1 is 1.29 bits per heavy atom. The fraction of sp³-hybridized carbons (Fsp3) is 0.500. The van der Waals surface area contributed by atoms with Crippen molar-refractivity contribution in [3.05, 3.63) is 36.8 Å². The van der Waals surface area contributed by atoms with Crippen LogP contribution in [0.5, 0.6) is 0 Å². The lowest BCUT2D eigenvalue weighted by Gasteiger charge is -2.19. The Hall–Kier alpha value is -1.06. The summed E-state index contributed by atoms with van der Waals surface area (Å²) in [4.78, 5) is 0. The van der Waals surface area contributed by atoms with E-state index in [-0.39, 0.29) is 12.2 Å². The van der Waals surface area contributed by atoms with Gasteiger partial charge in [-0.3, -0.25) is 0 Å². The number of para-hydroxylation sites is 1. The van der Waals surface area contributed by atoms with Crippen LogP contribution in [0.3, 0.4) is 0 Å². The number of hydrogen-bond donors (Lipinski definition) is 1. The average Bonchev–Trinajstić information content (AvgIpc) is 2.64. The molecule has 1 aromatic rings. The Morgan fingerprint density at radius 3 is 2.65 bits per heavy atom. The smallest absolute Gasteiger partial charge is 0.164 e. The molecular formula is C14H20NO2. The quantitative estimate of drug-likeness (QED) is 0.871. The molecule has 1 aliphatic heterocycles. The van der Waals surface area contributed by atoms with Crippen LogP contribution in [-0.4, -0.2) is 18.9 Å². The SMILES string of the molecule is [CH2]CC1OC(C)(C)OC1c1ccccc1NC. The highest BCUT2D eigenvalue weighted by molar-refractivity contribution is 5.52. The summed E-state index contributed by atoms with van der Waals surface area (Å²) in [6.45, 7) is 7.82. The maximum Gasteiger partial charge on any atom is 0.164 e. The first-order valence-corrected chi connectivity index (χ1v) is 5.99. The molecule has 1 N–H and O–H groups in total. The molecule has 1 aromatic carbocycles. The molecule has 2 rings (SSSR count). The zero-order valence-corrected chi connectivity index (χ0v) is 10.7. The summed E-state index contributed by atoms with van der Waals surface area (Å²) in [5, 5.41) is 3.19. The molecule has 0 saturated carbocycles. The van der Waals surface area contributed by atoms with Gasteiger partial charge in [0.2, 0.25) is 0 Å². The predicted molar refractivity (Wildman–Crippen MR) is 68.7 cm³/mol. The van der Waals surface area contributed by atoms with Crippen LogP contribution >= 0.6 is 0 Å². The molecule has 0 spiro atoms. The van der Waals surface area contributed by atoms with Gasteiger partial charge in [-0.05, 0) is 26.3 Å². The Labute approximate surface area is 103 Å². The van der Waals surface area contributed by atoms with E-state index in [0.717, 1.165) is 11.3 Å². The fourth-order valence-corrected chi connectivity index (χ4v) is 2.28. The van der Waals surface area contributed by atoms with Crippen molar-refractivity contribution in [1.29, 1.82) is 0 Å². The molecule has 93 valence electrons. The second-order valence-corrected chi connectivity index (χ2v) is 4.72. The van der Waals surface area contributed by atoms with Crippen LogP contribution in [0.15, 0.2) is 24.3 Å². The highest BCUT2D eigenvalue weighted by Crippen LogP contribution is 2.41. The summed E-state index contributed by atoms with van der Waals surface area (Å²) in [6, 6.07) is 8.15. The minimum atomic E-state index is -0.534. The first-order chi connectivity index (χ1) is 8.07. The Balaban J connectivity index is 2.32. The highest BCUT2D eigenvalue weighted by Gasteiger charge is 2.41. The van der Waals surface area contributed by atoms with Crippen molar-refractivity contribution in [3.63, 3.8) is 0 Å². The van der Waals surface area contributed by atoms with E-state index >= 15 is 0 Å². The van der Waals surface area contributed by atoms with E-state index in [1.54, 1.807) is 0 Å². The lowest BCUT2D eigenvalue weighted by atomic mass is 10.0. The Bertz CT molecular complexity index is 390. The molecule has 1 saturated heterocycles. The van der Waals surface area contributed by atoms with Crippen LogP contribution in [0.1, 0.15) is 31.9 Å². The maximum atomic E-state index is 5.98. The van der Waals surface area contributed by atoms with Gasteiger partial charge in [0.05, 0.1) is 6.10 Å². The zero-order valence-electron chi connectivity index (χ0n) is 10.7. The van der Waals surface area contributed by atoms with E-state index in [4.69, 9.17) is 9.47 Å². The first kappa shape index (κ1) is 12.4. The van der Waals surface area contributed by atoms with Gasteiger partial charge in [0.1, 0.15) is 6.10 Å². The van der Waals surface area contributed by atoms with Gasteiger partial charge in [-0.15, -0.1) is 0 Å². The second-order valence-electron chi connectivity index (χ2n) is 4.72. The van der Waals surface area contributed by atoms with Gasteiger partial charge in [0.15, 0.2) is 5.79 Å². The van der Waals surface area contributed by atoms with Crippen LogP contribution in [0.2, 0.25) is 0 Å². The van der Waals surface area contributed by atoms with Crippen molar-refractivity contribution in [2.75, 3.05) is 12.4 Å². The number of anilines is 1. The molecule has 0 amide bonds. The molecule has 1 heterocycles. The molecule has 2 unspecified atom stereocenters. The molecule has 0 aliphatic carbocycles. The molecule has 2 atom stereocenters. The third kappa shape index (κ3) is 2.45. The van der Waals surface area contributed by atoms with E-state index in [0.29, 0.717) is 6.42 Å². The van der Waals surface area contributed by atoms with Crippen molar-refractivity contribution in [2.45, 2.75) is 38.3 Å². The predicted octanol–water partition coefficient (Wildman–Crippen LogP) is 3.15. The highest BCUT2D eigenvalue weighted by atomic mass is 16.7. The summed E-state index contributed by atoms with van der Waals surface area (Å²) in [6.07, 6.45) is 0.664. The van der Waals surface area contributed by atoms with E-state index in [1.807, 2.05) is 39.1 Å². The first-order valence-electron chi connectivity index (χ1n) is 5.99. The number of nitrogens with one attached hydrogen (secondary N) is 1. The standard InChI is InChI=1S/C14H20NO2/c1-5-12-13(17-14(2,3)16-12)10-8-6-7-9-11(10)15-4/h6-9,12-13,15H,1,5H2,2-4H3. The topological polar surface area (TPSA) is 30.5 Å². The van der Waals surface area contributed by atoms with Crippen molar-refractivity contribution < 1.29 is 9.47 Å².